The molecule has 0 spiro atoms. The summed E-state index contributed by atoms with van der Waals surface area (Å²) >= 11 is 1.65. The maximum absolute atomic E-state index is 8.95. The van der Waals surface area contributed by atoms with Crippen molar-refractivity contribution in [2.45, 2.75) is 0 Å². The number of benzene rings is 2. The van der Waals surface area contributed by atoms with E-state index in [0.717, 1.165) is 22.3 Å². The van der Waals surface area contributed by atoms with E-state index in [1.807, 2.05) is 23.7 Å². The van der Waals surface area contributed by atoms with Crippen molar-refractivity contribution in [3.05, 3.63) is 48.0 Å². The minimum atomic E-state index is 0.120. The fourth-order valence-corrected chi connectivity index (χ4v) is 2.87. The molecule has 1 heterocycles. The van der Waals surface area contributed by atoms with Gasteiger partial charge in [0.2, 0.25) is 0 Å². The first kappa shape index (κ1) is 12.1. The van der Waals surface area contributed by atoms with Crippen molar-refractivity contribution >= 4 is 27.2 Å². The standard InChI is InChI=1S/C15H14N2OS/c18-9-8-16-13-6-2-1-4-11(13)12-5-3-7-14-15(12)17-10-19-14/h1-7,10,16,18H,8-9H2. The summed E-state index contributed by atoms with van der Waals surface area (Å²) in [5, 5.41) is 12.2. The third-order valence-electron chi connectivity index (χ3n) is 3.00. The minimum Gasteiger partial charge on any atom is -0.395 e. The summed E-state index contributed by atoms with van der Waals surface area (Å²) in [6.07, 6.45) is 0. The van der Waals surface area contributed by atoms with Gasteiger partial charge in [-0.25, -0.2) is 4.98 Å². The largest absolute Gasteiger partial charge is 0.395 e. The van der Waals surface area contributed by atoms with Gasteiger partial charge in [-0.2, -0.15) is 0 Å². The Bertz CT molecular complexity index is 693. The molecule has 0 radical (unpaired) electrons. The Labute approximate surface area is 115 Å². The van der Waals surface area contributed by atoms with E-state index in [2.05, 4.69) is 34.6 Å². The van der Waals surface area contributed by atoms with Gasteiger partial charge in [-0.3, -0.25) is 0 Å². The molecule has 0 bridgehead atoms. The lowest BCUT2D eigenvalue weighted by atomic mass is 10.0. The van der Waals surface area contributed by atoms with Crippen LogP contribution in [0.2, 0.25) is 0 Å². The van der Waals surface area contributed by atoms with Gasteiger partial charge in [0.15, 0.2) is 0 Å². The quantitative estimate of drug-likeness (QED) is 0.764. The van der Waals surface area contributed by atoms with Crippen LogP contribution in [0.5, 0.6) is 0 Å². The SMILES string of the molecule is OCCNc1ccccc1-c1cccc2scnc12. The molecule has 1 aromatic heterocycles. The summed E-state index contributed by atoms with van der Waals surface area (Å²) in [6, 6.07) is 14.3. The number of nitrogens with zero attached hydrogens (tertiary/aromatic N) is 1. The molecule has 0 aliphatic carbocycles. The molecule has 0 aliphatic rings. The second kappa shape index (κ2) is 5.38. The average molecular weight is 270 g/mol. The highest BCUT2D eigenvalue weighted by Gasteiger charge is 2.09. The van der Waals surface area contributed by atoms with Gasteiger partial charge in [0, 0.05) is 23.4 Å². The summed E-state index contributed by atoms with van der Waals surface area (Å²) in [7, 11) is 0. The number of aliphatic hydroxyl groups excluding tert-OH is 1. The van der Waals surface area contributed by atoms with E-state index < -0.39 is 0 Å². The molecule has 0 fully saturated rings. The lowest BCUT2D eigenvalue weighted by Gasteiger charge is -2.11. The van der Waals surface area contributed by atoms with Crippen molar-refractivity contribution in [3.8, 4) is 11.1 Å². The van der Waals surface area contributed by atoms with Crippen molar-refractivity contribution in [3.63, 3.8) is 0 Å². The number of aromatic nitrogens is 1. The van der Waals surface area contributed by atoms with Crippen LogP contribution in [0.25, 0.3) is 21.3 Å². The summed E-state index contributed by atoms with van der Waals surface area (Å²) in [4.78, 5) is 4.46. The van der Waals surface area contributed by atoms with E-state index >= 15 is 0 Å². The maximum atomic E-state index is 8.95. The number of aliphatic hydroxyl groups is 1. The molecule has 2 N–H and O–H groups in total. The minimum absolute atomic E-state index is 0.120. The third-order valence-corrected chi connectivity index (χ3v) is 3.80. The Morgan fingerprint density at radius 2 is 1.89 bits per heavy atom. The number of rotatable bonds is 4. The van der Waals surface area contributed by atoms with Crippen LogP contribution >= 0.6 is 11.3 Å². The first-order valence-corrected chi connectivity index (χ1v) is 7.04. The van der Waals surface area contributed by atoms with Gasteiger partial charge in [0.1, 0.15) is 0 Å². The molecule has 0 aliphatic heterocycles. The molecule has 96 valence electrons. The van der Waals surface area contributed by atoms with Gasteiger partial charge in [0.25, 0.3) is 0 Å². The second-order valence-corrected chi connectivity index (χ2v) is 5.09. The summed E-state index contributed by atoms with van der Waals surface area (Å²) < 4.78 is 1.19. The second-order valence-electron chi connectivity index (χ2n) is 4.20. The van der Waals surface area contributed by atoms with Crippen LogP contribution < -0.4 is 5.32 Å². The van der Waals surface area contributed by atoms with E-state index in [4.69, 9.17) is 5.11 Å². The number of thiazole rings is 1. The van der Waals surface area contributed by atoms with E-state index in [1.165, 1.54) is 4.70 Å². The molecule has 3 nitrogen and oxygen atoms in total. The molecule has 0 atom stereocenters. The van der Waals surface area contributed by atoms with Crippen LogP contribution in [0, 0.1) is 0 Å². The first-order valence-electron chi connectivity index (χ1n) is 6.16. The monoisotopic (exact) mass is 270 g/mol. The number of nitrogens with one attached hydrogen (secondary N) is 1. The number of fused-ring (bicyclic) bond motifs is 1. The molecule has 3 aromatic rings. The number of hydrogen-bond donors (Lipinski definition) is 2. The normalized spacial score (nSPS) is 10.8. The summed E-state index contributed by atoms with van der Waals surface area (Å²) in [5.41, 5.74) is 6.17. The molecule has 2 aromatic carbocycles. The third kappa shape index (κ3) is 2.32. The van der Waals surface area contributed by atoms with Crippen LogP contribution in [0.3, 0.4) is 0 Å². The highest BCUT2D eigenvalue weighted by atomic mass is 32.1. The van der Waals surface area contributed by atoms with Gasteiger partial charge < -0.3 is 10.4 Å². The Balaban J connectivity index is 2.13. The van der Waals surface area contributed by atoms with Crippen LogP contribution in [-0.4, -0.2) is 23.2 Å². The topological polar surface area (TPSA) is 45.1 Å². The van der Waals surface area contributed by atoms with E-state index in [9.17, 15) is 0 Å². The van der Waals surface area contributed by atoms with Crippen molar-refractivity contribution in [2.75, 3.05) is 18.5 Å². The van der Waals surface area contributed by atoms with Crippen LogP contribution in [0.15, 0.2) is 48.0 Å². The van der Waals surface area contributed by atoms with Gasteiger partial charge in [0.05, 0.1) is 22.3 Å². The fraction of sp³-hybridized carbons (Fsp3) is 0.133. The first-order chi connectivity index (χ1) is 9.40. The molecule has 19 heavy (non-hydrogen) atoms. The molecule has 0 amide bonds. The molecule has 0 saturated carbocycles. The average Bonchev–Trinajstić information content (AvgIpc) is 2.94. The fourth-order valence-electron chi connectivity index (χ4n) is 2.17. The van der Waals surface area contributed by atoms with Gasteiger partial charge in [-0.1, -0.05) is 30.3 Å². The van der Waals surface area contributed by atoms with E-state index in [-0.39, 0.29) is 6.61 Å². The lowest BCUT2D eigenvalue weighted by Crippen LogP contribution is -2.06. The highest BCUT2D eigenvalue weighted by Crippen LogP contribution is 2.33. The van der Waals surface area contributed by atoms with Gasteiger partial charge >= 0.3 is 0 Å². The van der Waals surface area contributed by atoms with Gasteiger partial charge in [-0.15, -0.1) is 11.3 Å². The summed E-state index contributed by atoms with van der Waals surface area (Å²) in [6.45, 7) is 0.666. The van der Waals surface area contributed by atoms with Crippen LogP contribution in [0.1, 0.15) is 0 Å². The van der Waals surface area contributed by atoms with Crippen molar-refractivity contribution in [1.29, 1.82) is 0 Å². The maximum Gasteiger partial charge on any atom is 0.0891 e. The Morgan fingerprint density at radius 3 is 2.79 bits per heavy atom. The lowest BCUT2D eigenvalue weighted by molar-refractivity contribution is 0.311. The van der Waals surface area contributed by atoms with Crippen LogP contribution in [-0.2, 0) is 0 Å². The highest BCUT2D eigenvalue weighted by molar-refractivity contribution is 7.16. The predicted octanol–water partition coefficient (Wildman–Crippen LogP) is 3.37. The number of para-hydroxylation sites is 2. The van der Waals surface area contributed by atoms with Crippen molar-refractivity contribution < 1.29 is 5.11 Å². The summed E-state index contributed by atoms with van der Waals surface area (Å²) in [5.74, 6) is 0. The molecule has 0 saturated heterocycles. The van der Waals surface area contributed by atoms with Crippen molar-refractivity contribution in [2.24, 2.45) is 0 Å². The molecular weight excluding hydrogens is 256 g/mol. The Hall–Kier alpha value is -1.91. The smallest absolute Gasteiger partial charge is 0.0891 e. The zero-order chi connectivity index (χ0) is 13.1. The molecule has 3 rings (SSSR count). The number of anilines is 1. The Morgan fingerprint density at radius 1 is 1.05 bits per heavy atom. The van der Waals surface area contributed by atoms with Gasteiger partial charge in [-0.05, 0) is 12.1 Å². The van der Waals surface area contributed by atoms with Crippen LogP contribution in [0.4, 0.5) is 5.69 Å². The van der Waals surface area contributed by atoms with Crippen molar-refractivity contribution in [1.82, 2.24) is 4.98 Å². The van der Waals surface area contributed by atoms with E-state index in [1.54, 1.807) is 11.3 Å². The predicted molar refractivity (Wildman–Crippen MR) is 80.6 cm³/mol. The molecule has 4 heteroatoms. The van der Waals surface area contributed by atoms with E-state index in [0.29, 0.717) is 6.54 Å². The zero-order valence-electron chi connectivity index (χ0n) is 10.3. The zero-order valence-corrected chi connectivity index (χ0v) is 11.2. The molecule has 0 unspecified atom stereocenters. The Kier molecular flexibility index (Phi) is 3.44. The molecular formula is C15H14N2OS. The number of hydrogen-bond acceptors (Lipinski definition) is 4.